The van der Waals surface area contributed by atoms with Gasteiger partial charge in [-0.3, -0.25) is 9.63 Å². The van der Waals surface area contributed by atoms with Gasteiger partial charge in [-0.1, -0.05) is 41.9 Å². The van der Waals surface area contributed by atoms with Gasteiger partial charge in [0.05, 0.1) is 24.4 Å². The van der Waals surface area contributed by atoms with Crippen molar-refractivity contribution in [1.29, 1.82) is 0 Å². The fraction of sp³-hybridized carbons (Fsp3) is 0.316. The summed E-state index contributed by atoms with van der Waals surface area (Å²) in [6.07, 6.45) is -0.164. The molecule has 1 heterocycles. The van der Waals surface area contributed by atoms with Gasteiger partial charge in [0, 0.05) is 5.02 Å². The Morgan fingerprint density at radius 3 is 2.62 bits per heavy atom. The number of carbonyl (C=O) groups excluding carboxylic acids is 1. The van der Waals surface area contributed by atoms with Crippen molar-refractivity contribution in [2.45, 2.75) is 26.0 Å². The van der Waals surface area contributed by atoms with E-state index in [2.05, 4.69) is 0 Å². The van der Waals surface area contributed by atoms with E-state index in [9.17, 15) is 4.79 Å². The van der Waals surface area contributed by atoms with Crippen LogP contribution in [0.1, 0.15) is 25.5 Å². The Balaban J connectivity index is 1.97. The molecule has 24 heavy (non-hydrogen) atoms. The molecule has 0 bridgehead atoms. The summed E-state index contributed by atoms with van der Waals surface area (Å²) in [6.45, 7) is 3.96. The van der Waals surface area contributed by atoms with E-state index in [0.717, 1.165) is 11.3 Å². The molecule has 2 atom stereocenters. The molecule has 0 aromatic heterocycles. The zero-order chi connectivity index (χ0) is 17.1. The minimum absolute atomic E-state index is 0.164. The SMILES string of the molecule is CC(C)OC(=O)[C@H]1CON(c2ccccc2)[C@H]1c1cccc(Cl)c1. The van der Waals surface area contributed by atoms with Gasteiger partial charge in [-0.15, -0.1) is 0 Å². The van der Waals surface area contributed by atoms with E-state index in [1.165, 1.54) is 0 Å². The number of carbonyl (C=O) groups is 1. The lowest BCUT2D eigenvalue weighted by Gasteiger charge is -2.27. The van der Waals surface area contributed by atoms with Gasteiger partial charge >= 0.3 is 5.97 Å². The molecule has 0 saturated carbocycles. The van der Waals surface area contributed by atoms with Gasteiger partial charge in [0.25, 0.3) is 0 Å². The van der Waals surface area contributed by atoms with Crippen LogP contribution in [0, 0.1) is 5.92 Å². The van der Waals surface area contributed by atoms with E-state index in [1.54, 1.807) is 5.06 Å². The highest BCUT2D eigenvalue weighted by Crippen LogP contribution is 2.40. The molecular weight excluding hydrogens is 326 g/mol. The number of nitrogens with zero attached hydrogens (tertiary/aromatic N) is 1. The maximum Gasteiger partial charge on any atom is 0.314 e. The number of hydrogen-bond acceptors (Lipinski definition) is 4. The van der Waals surface area contributed by atoms with E-state index < -0.39 is 5.92 Å². The molecule has 4 nitrogen and oxygen atoms in total. The average molecular weight is 346 g/mol. The molecule has 1 aliphatic heterocycles. The van der Waals surface area contributed by atoms with Gasteiger partial charge in [0.2, 0.25) is 0 Å². The zero-order valence-electron chi connectivity index (χ0n) is 13.7. The van der Waals surface area contributed by atoms with Crippen LogP contribution < -0.4 is 5.06 Å². The minimum Gasteiger partial charge on any atom is -0.463 e. The Hall–Kier alpha value is -2.04. The number of rotatable bonds is 4. The smallest absolute Gasteiger partial charge is 0.314 e. The number of ether oxygens (including phenoxy) is 1. The molecule has 1 aliphatic rings. The highest BCUT2D eigenvalue weighted by Gasteiger charge is 2.42. The molecule has 0 amide bonds. The van der Waals surface area contributed by atoms with Gasteiger partial charge in [0.1, 0.15) is 5.92 Å². The van der Waals surface area contributed by atoms with E-state index >= 15 is 0 Å². The molecule has 0 aliphatic carbocycles. The van der Waals surface area contributed by atoms with Crippen molar-refractivity contribution < 1.29 is 14.4 Å². The fourth-order valence-corrected chi connectivity index (χ4v) is 3.08. The topological polar surface area (TPSA) is 38.8 Å². The first-order valence-corrected chi connectivity index (χ1v) is 8.37. The van der Waals surface area contributed by atoms with Crippen LogP contribution in [0.2, 0.25) is 5.02 Å². The van der Waals surface area contributed by atoms with Gasteiger partial charge in [-0.25, -0.2) is 5.06 Å². The van der Waals surface area contributed by atoms with Crippen molar-refractivity contribution in [1.82, 2.24) is 0 Å². The van der Waals surface area contributed by atoms with Gasteiger partial charge in [0.15, 0.2) is 0 Å². The average Bonchev–Trinajstić information content (AvgIpc) is 3.00. The first-order chi connectivity index (χ1) is 11.6. The number of para-hydroxylation sites is 1. The molecule has 1 fully saturated rings. The largest absolute Gasteiger partial charge is 0.463 e. The van der Waals surface area contributed by atoms with Crippen LogP contribution in [-0.4, -0.2) is 18.7 Å². The third-order valence-electron chi connectivity index (χ3n) is 3.88. The number of halogens is 1. The normalized spacial score (nSPS) is 20.4. The summed E-state index contributed by atoms with van der Waals surface area (Å²) in [5.74, 6) is -0.667. The molecule has 3 rings (SSSR count). The molecule has 2 aromatic rings. The lowest BCUT2D eigenvalue weighted by atomic mass is 9.94. The predicted octanol–water partition coefficient (Wildman–Crippen LogP) is 4.40. The van der Waals surface area contributed by atoms with Crippen LogP contribution in [0.4, 0.5) is 5.69 Å². The first kappa shape index (κ1) is 16.8. The van der Waals surface area contributed by atoms with Crippen LogP contribution in [0.15, 0.2) is 54.6 Å². The summed E-state index contributed by atoms with van der Waals surface area (Å²) >= 11 is 6.15. The van der Waals surface area contributed by atoms with Crippen molar-refractivity contribution in [2.75, 3.05) is 11.7 Å². The van der Waals surface area contributed by atoms with Crippen molar-refractivity contribution in [3.8, 4) is 0 Å². The molecule has 0 N–H and O–H groups in total. The van der Waals surface area contributed by atoms with Crippen molar-refractivity contribution in [3.05, 3.63) is 65.2 Å². The van der Waals surface area contributed by atoms with Crippen LogP contribution in [-0.2, 0) is 14.4 Å². The standard InChI is InChI=1S/C19H20ClNO3/c1-13(2)24-19(22)17-12-23-21(16-9-4-3-5-10-16)18(17)14-7-6-8-15(20)11-14/h3-11,13,17-18H,12H2,1-2H3/t17-,18-/m0/s1. The predicted molar refractivity (Wildman–Crippen MR) is 93.8 cm³/mol. The van der Waals surface area contributed by atoms with Gasteiger partial charge in [-0.05, 0) is 43.7 Å². The maximum absolute atomic E-state index is 12.5. The second kappa shape index (κ2) is 7.24. The van der Waals surface area contributed by atoms with Crippen LogP contribution >= 0.6 is 11.6 Å². The molecule has 5 heteroatoms. The maximum atomic E-state index is 12.5. The minimum atomic E-state index is -0.411. The summed E-state index contributed by atoms with van der Waals surface area (Å²) in [5.41, 5.74) is 1.82. The Kier molecular flexibility index (Phi) is 5.07. The number of esters is 1. The van der Waals surface area contributed by atoms with Crippen molar-refractivity contribution >= 4 is 23.3 Å². The lowest BCUT2D eigenvalue weighted by Crippen LogP contribution is -2.30. The Morgan fingerprint density at radius 1 is 1.21 bits per heavy atom. The monoisotopic (exact) mass is 345 g/mol. The first-order valence-electron chi connectivity index (χ1n) is 7.99. The Labute approximate surface area is 146 Å². The number of benzene rings is 2. The third-order valence-corrected chi connectivity index (χ3v) is 4.12. The Bertz CT molecular complexity index is 705. The fourth-order valence-electron chi connectivity index (χ4n) is 2.88. The summed E-state index contributed by atoms with van der Waals surface area (Å²) in [6, 6.07) is 17.0. The third kappa shape index (κ3) is 3.55. The van der Waals surface area contributed by atoms with Gasteiger partial charge in [-0.2, -0.15) is 0 Å². The molecule has 1 saturated heterocycles. The summed E-state index contributed by atoms with van der Waals surface area (Å²) < 4.78 is 5.42. The number of hydroxylamine groups is 1. The summed E-state index contributed by atoms with van der Waals surface area (Å²) in [7, 11) is 0. The summed E-state index contributed by atoms with van der Waals surface area (Å²) in [5, 5.41) is 2.40. The molecule has 2 aromatic carbocycles. The number of anilines is 1. The van der Waals surface area contributed by atoms with Crippen LogP contribution in [0.5, 0.6) is 0 Å². The van der Waals surface area contributed by atoms with E-state index in [4.69, 9.17) is 21.2 Å². The van der Waals surface area contributed by atoms with E-state index in [1.807, 2.05) is 68.4 Å². The van der Waals surface area contributed by atoms with Crippen LogP contribution in [0.3, 0.4) is 0 Å². The second-order valence-electron chi connectivity index (χ2n) is 6.05. The lowest BCUT2D eigenvalue weighted by molar-refractivity contribution is -0.152. The highest BCUT2D eigenvalue weighted by atomic mass is 35.5. The zero-order valence-corrected chi connectivity index (χ0v) is 14.4. The van der Waals surface area contributed by atoms with Crippen molar-refractivity contribution in [3.63, 3.8) is 0 Å². The second-order valence-corrected chi connectivity index (χ2v) is 6.49. The highest BCUT2D eigenvalue weighted by molar-refractivity contribution is 6.30. The van der Waals surface area contributed by atoms with Crippen molar-refractivity contribution in [2.24, 2.45) is 5.92 Å². The molecule has 0 unspecified atom stereocenters. The molecule has 0 radical (unpaired) electrons. The summed E-state index contributed by atoms with van der Waals surface area (Å²) in [4.78, 5) is 18.4. The molecular formula is C19H20ClNO3. The van der Waals surface area contributed by atoms with Crippen LogP contribution in [0.25, 0.3) is 0 Å². The van der Waals surface area contributed by atoms with E-state index in [-0.39, 0.29) is 24.7 Å². The number of hydrogen-bond donors (Lipinski definition) is 0. The van der Waals surface area contributed by atoms with E-state index in [0.29, 0.717) is 5.02 Å². The Morgan fingerprint density at radius 2 is 1.96 bits per heavy atom. The molecule has 0 spiro atoms. The van der Waals surface area contributed by atoms with Gasteiger partial charge < -0.3 is 4.74 Å². The quantitative estimate of drug-likeness (QED) is 0.770. The molecule has 126 valence electrons.